The minimum absolute atomic E-state index is 0.506. The monoisotopic (exact) mass is 257 g/mol. The summed E-state index contributed by atoms with van der Waals surface area (Å²) in [5, 5.41) is 13.7. The van der Waals surface area contributed by atoms with Crippen molar-refractivity contribution < 1.29 is 4.42 Å². The highest BCUT2D eigenvalue weighted by molar-refractivity contribution is 7.14. The van der Waals surface area contributed by atoms with Crippen LogP contribution in [-0.2, 0) is 6.42 Å². The molecule has 0 unspecified atom stereocenters. The molecule has 4 nitrogen and oxygen atoms in total. The molecule has 0 radical (unpaired) electrons. The maximum Gasteiger partial charge on any atom is 0.259 e. The Morgan fingerprint density at radius 2 is 2.38 bits per heavy atom. The van der Waals surface area contributed by atoms with Crippen molar-refractivity contribution in [3.63, 3.8) is 0 Å². The number of nitrogens with one attached hydrogen (secondary N) is 1. The van der Waals surface area contributed by atoms with Gasteiger partial charge < -0.3 is 9.73 Å². The fourth-order valence-corrected chi connectivity index (χ4v) is 2.32. The zero-order valence-corrected chi connectivity index (χ0v) is 10.4. The number of hydrogen-bond donors (Lipinski definition) is 1. The average molecular weight is 258 g/mol. The van der Waals surface area contributed by atoms with Gasteiger partial charge in [0.1, 0.15) is 4.88 Å². The SMILES string of the molecule is CCNCCc1nnc(-c2sccc2Cl)o1. The Bertz CT molecular complexity index is 454. The second-order valence-electron chi connectivity index (χ2n) is 3.20. The molecule has 2 rings (SSSR count). The van der Waals surface area contributed by atoms with Crippen molar-refractivity contribution >= 4 is 22.9 Å². The Kier molecular flexibility index (Phi) is 3.93. The van der Waals surface area contributed by atoms with E-state index in [0.717, 1.165) is 24.4 Å². The van der Waals surface area contributed by atoms with Crippen LogP contribution in [0.2, 0.25) is 5.02 Å². The average Bonchev–Trinajstić information content (AvgIpc) is 2.87. The number of halogens is 1. The molecule has 0 spiro atoms. The van der Waals surface area contributed by atoms with E-state index < -0.39 is 0 Å². The Hall–Kier alpha value is -0.910. The quantitative estimate of drug-likeness (QED) is 0.837. The van der Waals surface area contributed by atoms with E-state index in [-0.39, 0.29) is 0 Å². The van der Waals surface area contributed by atoms with E-state index in [9.17, 15) is 0 Å². The van der Waals surface area contributed by atoms with Crippen LogP contribution in [0.5, 0.6) is 0 Å². The van der Waals surface area contributed by atoms with Gasteiger partial charge in [0.05, 0.1) is 5.02 Å². The third kappa shape index (κ3) is 2.61. The van der Waals surface area contributed by atoms with Crippen molar-refractivity contribution in [2.75, 3.05) is 13.1 Å². The topological polar surface area (TPSA) is 51.0 Å². The van der Waals surface area contributed by atoms with Crippen LogP contribution >= 0.6 is 22.9 Å². The van der Waals surface area contributed by atoms with Gasteiger partial charge in [-0.1, -0.05) is 18.5 Å². The lowest BCUT2D eigenvalue weighted by molar-refractivity contribution is 0.497. The lowest BCUT2D eigenvalue weighted by Gasteiger charge is -1.95. The van der Waals surface area contributed by atoms with E-state index in [1.807, 2.05) is 11.4 Å². The van der Waals surface area contributed by atoms with Crippen molar-refractivity contribution in [1.29, 1.82) is 0 Å². The highest BCUT2D eigenvalue weighted by Crippen LogP contribution is 2.31. The van der Waals surface area contributed by atoms with Gasteiger partial charge in [-0.2, -0.15) is 0 Å². The molecule has 0 aromatic carbocycles. The largest absolute Gasteiger partial charge is 0.420 e. The third-order valence-electron chi connectivity index (χ3n) is 2.04. The highest BCUT2D eigenvalue weighted by Gasteiger charge is 2.12. The molecule has 86 valence electrons. The summed E-state index contributed by atoms with van der Waals surface area (Å²) in [7, 11) is 0. The first kappa shape index (κ1) is 11.6. The van der Waals surface area contributed by atoms with Crippen molar-refractivity contribution in [2.45, 2.75) is 13.3 Å². The number of aromatic nitrogens is 2. The van der Waals surface area contributed by atoms with Gasteiger partial charge >= 0.3 is 0 Å². The van der Waals surface area contributed by atoms with E-state index in [1.54, 1.807) is 0 Å². The third-order valence-corrected chi connectivity index (χ3v) is 3.37. The number of nitrogens with zero attached hydrogens (tertiary/aromatic N) is 2. The molecule has 0 atom stereocenters. The zero-order valence-electron chi connectivity index (χ0n) is 8.86. The highest BCUT2D eigenvalue weighted by atomic mass is 35.5. The molecule has 16 heavy (non-hydrogen) atoms. The predicted molar refractivity (Wildman–Crippen MR) is 64.9 cm³/mol. The van der Waals surface area contributed by atoms with Crippen LogP contribution in [0.3, 0.4) is 0 Å². The Labute approximate surface area is 103 Å². The molecule has 0 saturated carbocycles. The summed E-state index contributed by atoms with van der Waals surface area (Å²) in [6.07, 6.45) is 0.740. The van der Waals surface area contributed by atoms with Crippen LogP contribution in [-0.4, -0.2) is 23.3 Å². The smallest absolute Gasteiger partial charge is 0.259 e. The zero-order chi connectivity index (χ0) is 11.4. The lowest BCUT2D eigenvalue weighted by Crippen LogP contribution is -2.16. The molecule has 0 aliphatic carbocycles. The van der Waals surface area contributed by atoms with Crippen molar-refractivity contribution in [3.05, 3.63) is 22.4 Å². The molecule has 0 bridgehead atoms. The van der Waals surface area contributed by atoms with Crippen LogP contribution < -0.4 is 5.32 Å². The van der Waals surface area contributed by atoms with Gasteiger partial charge in [-0.25, -0.2) is 0 Å². The van der Waals surface area contributed by atoms with E-state index >= 15 is 0 Å². The fourth-order valence-electron chi connectivity index (χ4n) is 1.26. The molecule has 2 heterocycles. The lowest BCUT2D eigenvalue weighted by atomic mass is 10.4. The Morgan fingerprint density at radius 3 is 3.06 bits per heavy atom. The van der Waals surface area contributed by atoms with Gasteiger partial charge in [0.2, 0.25) is 5.89 Å². The molecule has 0 saturated heterocycles. The first-order valence-electron chi connectivity index (χ1n) is 5.07. The second kappa shape index (κ2) is 5.43. The van der Waals surface area contributed by atoms with Gasteiger partial charge in [-0.3, -0.25) is 0 Å². The van der Waals surface area contributed by atoms with Gasteiger partial charge in [-0.15, -0.1) is 21.5 Å². The first-order chi connectivity index (χ1) is 7.81. The molecule has 0 aliphatic rings. The summed E-state index contributed by atoms with van der Waals surface area (Å²) in [4.78, 5) is 0.837. The Morgan fingerprint density at radius 1 is 1.50 bits per heavy atom. The standard InChI is InChI=1S/C10H12ClN3OS/c1-2-12-5-3-8-13-14-10(15-8)9-7(11)4-6-16-9/h4,6,12H,2-3,5H2,1H3. The normalized spacial score (nSPS) is 10.9. The molecule has 0 aliphatic heterocycles. The summed E-state index contributed by atoms with van der Waals surface area (Å²) in [5.41, 5.74) is 0. The maximum atomic E-state index is 5.98. The van der Waals surface area contributed by atoms with Crippen LogP contribution in [0.1, 0.15) is 12.8 Å². The molecule has 1 N–H and O–H groups in total. The van der Waals surface area contributed by atoms with Crippen LogP contribution in [0.15, 0.2) is 15.9 Å². The second-order valence-corrected chi connectivity index (χ2v) is 4.53. The van der Waals surface area contributed by atoms with Gasteiger partial charge in [0.15, 0.2) is 0 Å². The molecule has 0 amide bonds. The van der Waals surface area contributed by atoms with Crippen molar-refractivity contribution in [3.8, 4) is 10.8 Å². The van der Waals surface area contributed by atoms with Crippen molar-refractivity contribution in [1.82, 2.24) is 15.5 Å². The molecule has 2 aromatic heterocycles. The van der Waals surface area contributed by atoms with Gasteiger partial charge in [0.25, 0.3) is 5.89 Å². The molecule has 2 aromatic rings. The van der Waals surface area contributed by atoms with E-state index in [4.69, 9.17) is 16.0 Å². The predicted octanol–water partition coefficient (Wildman–Crippen LogP) is 2.60. The minimum atomic E-state index is 0.506. The van der Waals surface area contributed by atoms with Gasteiger partial charge in [0, 0.05) is 13.0 Å². The number of likely N-dealkylation sites (N-methyl/N-ethyl adjacent to an activating group) is 1. The molecule has 6 heteroatoms. The van der Waals surface area contributed by atoms with Crippen molar-refractivity contribution in [2.24, 2.45) is 0 Å². The van der Waals surface area contributed by atoms with Gasteiger partial charge in [-0.05, 0) is 18.0 Å². The minimum Gasteiger partial charge on any atom is -0.420 e. The van der Waals surface area contributed by atoms with Crippen LogP contribution in [0.25, 0.3) is 10.8 Å². The summed E-state index contributed by atoms with van der Waals surface area (Å²) >= 11 is 7.48. The Balaban J connectivity index is 2.05. The van der Waals surface area contributed by atoms with Crippen LogP contribution in [0.4, 0.5) is 0 Å². The summed E-state index contributed by atoms with van der Waals surface area (Å²) in [6, 6.07) is 1.82. The fraction of sp³-hybridized carbons (Fsp3) is 0.400. The number of hydrogen-bond acceptors (Lipinski definition) is 5. The summed E-state index contributed by atoms with van der Waals surface area (Å²) in [6.45, 7) is 3.85. The molecule has 0 fully saturated rings. The number of thiophene rings is 1. The maximum absolute atomic E-state index is 5.98. The van der Waals surface area contributed by atoms with Crippen LogP contribution in [0, 0.1) is 0 Å². The molecular formula is C10H12ClN3OS. The summed E-state index contributed by atoms with van der Waals surface area (Å²) in [5.74, 6) is 1.15. The molecular weight excluding hydrogens is 246 g/mol. The first-order valence-corrected chi connectivity index (χ1v) is 6.33. The van der Waals surface area contributed by atoms with E-state index in [1.165, 1.54) is 11.3 Å². The summed E-state index contributed by atoms with van der Waals surface area (Å²) < 4.78 is 5.52. The van der Waals surface area contributed by atoms with E-state index in [2.05, 4.69) is 22.4 Å². The van der Waals surface area contributed by atoms with E-state index in [0.29, 0.717) is 16.8 Å². The number of rotatable bonds is 5.